The van der Waals surface area contributed by atoms with Gasteiger partial charge in [-0.05, 0) is 24.8 Å². The van der Waals surface area contributed by atoms with Crippen LogP contribution in [0.5, 0.6) is 0 Å². The van der Waals surface area contributed by atoms with Crippen LogP contribution in [0, 0.1) is 10.1 Å². The predicted molar refractivity (Wildman–Crippen MR) is 75.4 cm³/mol. The lowest BCUT2D eigenvalue weighted by Gasteiger charge is -2.19. The van der Waals surface area contributed by atoms with E-state index in [1.807, 2.05) is 18.2 Å². The van der Waals surface area contributed by atoms with Gasteiger partial charge in [0, 0.05) is 25.4 Å². The Balaban J connectivity index is 3.07. The lowest BCUT2D eigenvalue weighted by atomic mass is 10.1. The van der Waals surface area contributed by atoms with E-state index in [1.54, 1.807) is 30.8 Å². The third kappa shape index (κ3) is 3.61. The Morgan fingerprint density at radius 2 is 2.22 bits per heavy atom. The summed E-state index contributed by atoms with van der Waals surface area (Å²) in [5, 5.41) is 20.5. The number of nitrogens with zero attached hydrogens (tertiary/aromatic N) is 2. The van der Waals surface area contributed by atoms with Crippen molar-refractivity contribution in [1.29, 1.82) is 0 Å². The molecule has 1 aromatic carbocycles. The summed E-state index contributed by atoms with van der Waals surface area (Å²) in [6.45, 7) is 2.34. The van der Waals surface area contributed by atoms with Crippen molar-refractivity contribution in [3.63, 3.8) is 0 Å². The fraction of sp³-hybridized carbons (Fsp3) is 0.500. The Morgan fingerprint density at radius 3 is 2.72 bits per heavy atom. The van der Waals surface area contributed by atoms with Gasteiger partial charge < -0.3 is 10.0 Å². The van der Waals surface area contributed by atoms with Crippen LogP contribution in [0.2, 0.25) is 0 Å². The van der Waals surface area contributed by atoms with Gasteiger partial charge in [0.1, 0.15) is 5.69 Å². The van der Waals surface area contributed by atoms with E-state index < -0.39 is 11.0 Å². The number of hydrogen-bond acceptors (Lipinski definition) is 5. The molecular formula is C12H18N2O3S. The molecule has 0 aromatic heterocycles. The van der Waals surface area contributed by atoms with Gasteiger partial charge in [0.25, 0.3) is 5.69 Å². The number of nitro benzene ring substituents is 1. The molecule has 0 heterocycles. The summed E-state index contributed by atoms with van der Waals surface area (Å²) in [5.74, 6) is 0.909. The molecule has 0 aliphatic rings. The van der Waals surface area contributed by atoms with Crippen LogP contribution < -0.4 is 4.90 Å². The zero-order valence-corrected chi connectivity index (χ0v) is 11.6. The molecule has 1 N–H and O–H groups in total. The SMILES string of the molecule is CSCCN(C)c1ccc([C@H](C)O)cc1[N+](=O)[O-]. The molecular weight excluding hydrogens is 252 g/mol. The topological polar surface area (TPSA) is 66.6 Å². The molecule has 0 aliphatic carbocycles. The highest BCUT2D eigenvalue weighted by molar-refractivity contribution is 7.98. The maximum Gasteiger partial charge on any atom is 0.292 e. The quantitative estimate of drug-likeness (QED) is 0.635. The van der Waals surface area contributed by atoms with Gasteiger partial charge in [-0.15, -0.1) is 0 Å². The first-order valence-corrected chi connectivity index (χ1v) is 7.03. The lowest BCUT2D eigenvalue weighted by molar-refractivity contribution is -0.384. The molecule has 100 valence electrons. The van der Waals surface area contributed by atoms with Crippen LogP contribution in [0.15, 0.2) is 18.2 Å². The van der Waals surface area contributed by atoms with Crippen LogP contribution in [0.3, 0.4) is 0 Å². The summed E-state index contributed by atoms with van der Waals surface area (Å²) in [6.07, 6.45) is 1.30. The minimum atomic E-state index is -0.700. The van der Waals surface area contributed by atoms with Crippen LogP contribution in [-0.2, 0) is 0 Å². The molecule has 1 rings (SSSR count). The maximum absolute atomic E-state index is 11.1. The zero-order valence-electron chi connectivity index (χ0n) is 10.8. The number of aliphatic hydroxyl groups excluding tert-OH is 1. The second kappa shape index (κ2) is 6.61. The fourth-order valence-corrected chi connectivity index (χ4v) is 2.07. The van der Waals surface area contributed by atoms with Gasteiger partial charge in [-0.3, -0.25) is 10.1 Å². The normalized spacial score (nSPS) is 12.2. The highest BCUT2D eigenvalue weighted by atomic mass is 32.2. The molecule has 0 saturated carbocycles. The van der Waals surface area contributed by atoms with E-state index in [1.165, 1.54) is 6.07 Å². The molecule has 0 bridgehead atoms. The number of benzene rings is 1. The number of aliphatic hydroxyl groups is 1. The van der Waals surface area contributed by atoms with Gasteiger partial charge in [-0.1, -0.05) is 6.07 Å². The molecule has 5 nitrogen and oxygen atoms in total. The first-order valence-electron chi connectivity index (χ1n) is 5.63. The van der Waals surface area contributed by atoms with Crippen LogP contribution in [-0.4, -0.2) is 35.6 Å². The third-order valence-electron chi connectivity index (χ3n) is 2.72. The van der Waals surface area contributed by atoms with Gasteiger partial charge in [-0.2, -0.15) is 11.8 Å². The molecule has 0 radical (unpaired) electrons. The second-order valence-corrected chi connectivity index (χ2v) is 5.08. The van der Waals surface area contributed by atoms with E-state index in [0.29, 0.717) is 11.3 Å². The smallest absolute Gasteiger partial charge is 0.292 e. The molecule has 18 heavy (non-hydrogen) atoms. The third-order valence-corrected chi connectivity index (χ3v) is 3.31. The number of anilines is 1. The predicted octanol–water partition coefficient (Wildman–Crippen LogP) is 2.45. The van der Waals surface area contributed by atoms with E-state index >= 15 is 0 Å². The number of hydrogen-bond donors (Lipinski definition) is 1. The largest absolute Gasteiger partial charge is 0.389 e. The van der Waals surface area contributed by atoms with Crippen LogP contribution in [0.1, 0.15) is 18.6 Å². The van der Waals surface area contributed by atoms with Crippen molar-refractivity contribution in [3.8, 4) is 0 Å². The summed E-state index contributed by atoms with van der Waals surface area (Å²) >= 11 is 1.70. The van der Waals surface area contributed by atoms with Crippen molar-refractivity contribution < 1.29 is 10.0 Å². The van der Waals surface area contributed by atoms with E-state index in [0.717, 1.165) is 12.3 Å². The molecule has 0 amide bonds. The zero-order chi connectivity index (χ0) is 13.7. The van der Waals surface area contributed by atoms with Crippen molar-refractivity contribution >= 4 is 23.1 Å². The molecule has 0 aliphatic heterocycles. The molecule has 0 unspecified atom stereocenters. The summed E-state index contributed by atoms with van der Waals surface area (Å²) in [7, 11) is 1.83. The maximum atomic E-state index is 11.1. The van der Waals surface area contributed by atoms with E-state index in [2.05, 4.69) is 0 Å². The van der Waals surface area contributed by atoms with Crippen molar-refractivity contribution in [3.05, 3.63) is 33.9 Å². The molecule has 0 spiro atoms. The second-order valence-electron chi connectivity index (χ2n) is 4.10. The monoisotopic (exact) mass is 270 g/mol. The van der Waals surface area contributed by atoms with Gasteiger partial charge in [-0.25, -0.2) is 0 Å². The van der Waals surface area contributed by atoms with E-state index in [-0.39, 0.29) is 5.69 Å². The molecule has 1 atom stereocenters. The Labute approximate surface area is 111 Å². The minimum Gasteiger partial charge on any atom is -0.389 e. The van der Waals surface area contributed by atoms with Gasteiger partial charge >= 0.3 is 0 Å². The summed E-state index contributed by atoms with van der Waals surface area (Å²) in [4.78, 5) is 12.5. The van der Waals surface area contributed by atoms with Gasteiger partial charge in [0.15, 0.2) is 0 Å². The van der Waals surface area contributed by atoms with Crippen LogP contribution in [0.4, 0.5) is 11.4 Å². The lowest BCUT2D eigenvalue weighted by Crippen LogP contribution is -2.21. The van der Waals surface area contributed by atoms with Gasteiger partial charge in [0.2, 0.25) is 0 Å². The van der Waals surface area contributed by atoms with Gasteiger partial charge in [0.05, 0.1) is 11.0 Å². The summed E-state index contributed by atoms with van der Waals surface area (Å²) < 4.78 is 0. The first-order chi connectivity index (χ1) is 8.47. The molecule has 0 saturated heterocycles. The van der Waals surface area contributed by atoms with Crippen molar-refractivity contribution in [1.82, 2.24) is 0 Å². The first kappa shape index (κ1) is 14.8. The molecule has 0 fully saturated rings. The number of rotatable bonds is 6. The highest BCUT2D eigenvalue weighted by Gasteiger charge is 2.18. The van der Waals surface area contributed by atoms with E-state index in [4.69, 9.17) is 0 Å². The van der Waals surface area contributed by atoms with Crippen molar-refractivity contribution in [2.24, 2.45) is 0 Å². The summed E-state index contributed by atoms with van der Waals surface area (Å²) in [5.41, 5.74) is 1.18. The number of thioether (sulfide) groups is 1. The Kier molecular flexibility index (Phi) is 5.43. The average molecular weight is 270 g/mol. The van der Waals surface area contributed by atoms with Crippen molar-refractivity contribution in [2.75, 3.05) is 30.5 Å². The Hall–Kier alpha value is -1.27. The van der Waals surface area contributed by atoms with Crippen LogP contribution in [0.25, 0.3) is 0 Å². The fourth-order valence-electron chi connectivity index (χ4n) is 1.62. The summed E-state index contributed by atoms with van der Waals surface area (Å²) in [6, 6.07) is 4.86. The number of nitro groups is 1. The molecule has 1 aromatic rings. The minimum absolute atomic E-state index is 0.0389. The standard InChI is InChI=1S/C12H18N2O3S/c1-9(15)10-4-5-11(12(8-10)14(16)17)13(2)6-7-18-3/h4-5,8-9,15H,6-7H2,1-3H3/t9-/m0/s1. The Bertz CT molecular complexity index is 424. The van der Waals surface area contributed by atoms with Crippen molar-refractivity contribution in [2.45, 2.75) is 13.0 Å². The highest BCUT2D eigenvalue weighted by Crippen LogP contribution is 2.30. The van der Waals surface area contributed by atoms with Crippen LogP contribution >= 0.6 is 11.8 Å². The van der Waals surface area contributed by atoms with E-state index in [9.17, 15) is 15.2 Å². The Morgan fingerprint density at radius 1 is 1.56 bits per heavy atom. The average Bonchev–Trinajstić information content (AvgIpc) is 2.34. The molecule has 6 heteroatoms.